The molecule has 0 amide bonds. The first kappa shape index (κ1) is 9.61. The van der Waals surface area contributed by atoms with Crippen molar-refractivity contribution < 1.29 is 9.47 Å². The van der Waals surface area contributed by atoms with Gasteiger partial charge in [-0.15, -0.1) is 0 Å². The van der Waals surface area contributed by atoms with Crippen LogP contribution >= 0.6 is 27.5 Å². The van der Waals surface area contributed by atoms with Crippen molar-refractivity contribution in [2.45, 2.75) is 0 Å². The van der Waals surface area contributed by atoms with Crippen LogP contribution in [-0.4, -0.2) is 19.2 Å². The fourth-order valence-corrected chi connectivity index (χ4v) is 1.32. The van der Waals surface area contributed by atoms with Gasteiger partial charge in [-0.3, -0.25) is 0 Å². The molecule has 3 nitrogen and oxygen atoms in total. The van der Waals surface area contributed by atoms with Crippen LogP contribution in [0.2, 0.25) is 5.02 Å². The average molecular weight is 252 g/mol. The van der Waals surface area contributed by atoms with Gasteiger partial charge in [-0.1, -0.05) is 11.6 Å². The molecule has 1 aromatic heterocycles. The van der Waals surface area contributed by atoms with E-state index in [1.54, 1.807) is 0 Å². The highest BCUT2D eigenvalue weighted by Gasteiger charge is 2.12. The van der Waals surface area contributed by atoms with Crippen LogP contribution in [0.1, 0.15) is 0 Å². The van der Waals surface area contributed by atoms with Crippen molar-refractivity contribution in [1.82, 2.24) is 4.98 Å². The molecule has 1 heterocycles. The molecular weight excluding hydrogens is 245 g/mol. The van der Waals surface area contributed by atoms with Crippen molar-refractivity contribution in [2.75, 3.05) is 14.2 Å². The number of ether oxygens (including phenoxy) is 2. The third kappa shape index (κ3) is 1.64. The lowest BCUT2D eigenvalue weighted by molar-refractivity contribution is 0.341. The first-order valence-electron chi connectivity index (χ1n) is 3.12. The highest BCUT2D eigenvalue weighted by atomic mass is 79.9. The van der Waals surface area contributed by atoms with Crippen LogP contribution in [0.4, 0.5) is 0 Å². The maximum Gasteiger partial charge on any atom is 0.258 e. The summed E-state index contributed by atoms with van der Waals surface area (Å²) in [4.78, 5) is 3.92. The molecule has 1 aromatic rings. The molecule has 1 rings (SSSR count). The minimum absolute atomic E-state index is 0.411. The SMILES string of the molecule is COc1ncc(Cl)c(Br)c1OC. The number of hydrogen-bond acceptors (Lipinski definition) is 3. The Balaban J connectivity index is 3.25. The van der Waals surface area contributed by atoms with E-state index in [0.717, 1.165) is 0 Å². The molecule has 0 aliphatic carbocycles. The van der Waals surface area contributed by atoms with Gasteiger partial charge in [0.2, 0.25) is 0 Å². The summed E-state index contributed by atoms with van der Waals surface area (Å²) in [6, 6.07) is 0. The topological polar surface area (TPSA) is 31.4 Å². The Morgan fingerprint density at radius 1 is 1.42 bits per heavy atom. The molecule has 0 unspecified atom stereocenters. The number of pyridine rings is 1. The molecule has 0 aliphatic rings. The largest absolute Gasteiger partial charge is 0.490 e. The fourth-order valence-electron chi connectivity index (χ4n) is 0.755. The van der Waals surface area contributed by atoms with Crippen molar-refractivity contribution in [3.8, 4) is 11.6 Å². The Morgan fingerprint density at radius 3 is 2.58 bits per heavy atom. The van der Waals surface area contributed by atoms with Gasteiger partial charge < -0.3 is 9.47 Å². The first-order valence-corrected chi connectivity index (χ1v) is 4.29. The van der Waals surface area contributed by atoms with Gasteiger partial charge in [-0.25, -0.2) is 4.98 Å². The van der Waals surface area contributed by atoms with Crippen LogP contribution in [0.15, 0.2) is 10.7 Å². The van der Waals surface area contributed by atoms with E-state index in [-0.39, 0.29) is 0 Å². The number of methoxy groups -OCH3 is 2. The van der Waals surface area contributed by atoms with Gasteiger partial charge in [0.15, 0.2) is 5.75 Å². The Labute approximate surface area is 83.8 Å². The summed E-state index contributed by atoms with van der Waals surface area (Å²) in [5, 5.41) is 0.493. The summed E-state index contributed by atoms with van der Waals surface area (Å²) >= 11 is 9.03. The number of aromatic nitrogens is 1. The van der Waals surface area contributed by atoms with Crippen LogP contribution in [-0.2, 0) is 0 Å². The van der Waals surface area contributed by atoms with Gasteiger partial charge in [-0.05, 0) is 15.9 Å². The summed E-state index contributed by atoms with van der Waals surface area (Å²) in [5.74, 6) is 0.916. The second-order valence-corrected chi connectivity index (χ2v) is 3.16. The van der Waals surface area contributed by atoms with Gasteiger partial charge in [0.25, 0.3) is 5.88 Å². The quantitative estimate of drug-likeness (QED) is 0.810. The molecule has 0 saturated heterocycles. The van der Waals surface area contributed by atoms with Crippen molar-refractivity contribution in [2.24, 2.45) is 0 Å². The first-order chi connectivity index (χ1) is 5.70. The molecule has 0 aliphatic heterocycles. The number of nitrogens with zero attached hydrogens (tertiary/aromatic N) is 1. The Bertz CT molecular complexity index is 293. The minimum atomic E-state index is 0.411. The smallest absolute Gasteiger partial charge is 0.258 e. The molecular formula is C7H7BrClNO2. The lowest BCUT2D eigenvalue weighted by Gasteiger charge is -2.08. The third-order valence-electron chi connectivity index (χ3n) is 1.30. The fraction of sp³-hybridized carbons (Fsp3) is 0.286. The Hall–Kier alpha value is -0.480. The molecule has 0 atom stereocenters. The molecule has 0 N–H and O–H groups in total. The maximum atomic E-state index is 5.78. The molecule has 0 bridgehead atoms. The predicted molar refractivity (Wildman–Crippen MR) is 50.1 cm³/mol. The van der Waals surface area contributed by atoms with Gasteiger partial charge in [0.05, 0.1) is 29.9 Å². The molecule has 0 fully saturated rings. The number of halogens is 2. The van der Waals surface area contributed by atoms with Crippen molar-refractivity contribution >= 4 is 27.5 Å². The van der Waals surface area contributed by atoms with Crippen LogP contribution < -0.4 is 9.47 Å². The Morgan fingerprint density at radius 2 is 2.08 bits per heavy atom. The van der Waals surface area contributed by atoms with E-state index in [1.807, 2.05) is 0 Å². The van der Waals surface area contributed by atoms with E-state index >= 15 is 0 Å². The normalized spacial score (nSPS) is 9.67. The lowest BCUT2D eigenvalue weighted by atomic mass is 10.4. The highest BCUT2D eigenvalue weighted by Crippen LogP contribution is 2.37. The summed E-state index contributed by atoms with van der Waals surface area (Å²) in [7, 11) is 3.05. The van der Waals surface area contributed by atoms with Crippen molar-refractivity contribution in [3.63, 3.8) is 0 Å². The van der Waals surface area contributed by atoms with E-state index in [0.29, 0.717) is 21.1 Å². The molecule has 0 aromatic carbocycles. The average Bonchev–Trinajstić information content (AvgIpc) is 2.09. The third-order valence-corrected chi connectivity index (χ3v) is 2.60. The summed E-state index contributed by atoms with van der Waals surface area (Å²) in [6.07, 6.45) is 1.49. The molecule has 0 radical (unpaired) electrons. The van der Waals surface area contributed by atoms with Crippen LogP contribution in [0.5, 0.6) is 11.6 Å². The van der Waals surface area contributed by atoms with Gasteiger partial charge in [-0.2, -0.15) is 0 Å². The zero-order valence-corrected chi connectivity index (χ0v) is 8.94. The predicted octanol–water partition coefficient (Wildman–Crippen LogP) is 2.51. The van der Waals surface area contributed by atoms with Crippen LogP contribution in [0.25, 0.3) is 0 Å². The summed E-state index contributed by atoms with van der Waals surface area (Å²) in [5.41, 5.74) is 0. The second kappa shape index (κ2) is 3.96. The van der Waals surface area contributed by atoms with E-state index in [1.165, 1.54) is 20.4 Å². The maximum absolute atomic E-state index is 5.78. The van der Waals surface area contributed by atoms with E-state index in [9.17, 15) is 0 Å². The second-order valence-electron chi connectivity index (χ2n) is 1.96. The van der Waals surface area contributed by atoms with Gasteiger partial charge in [0.1, 0.15) is 0 Å². The Kier molecular flexibility index (Phi) is 3.17. The van der Waals surface area contributed by atoms with E-state index in [4.69, 9.17) is 21.1 Å². The van der Waals surface area contributed by atoms with Crippen LogP contribution in [0.3, 0.4) is 0 Å². The van der Waals surface area contributed by atoms with Crippen molar-refractivity contribution in [3.05, 3.63) is 15.7 Å². The van der Waals surface area contributed by atoms with E-state index in [2.05, 4.69) is 20.9 Å². The molecule has 0 spiro atoms. The molecule has 0 saturated carbocycles. The number of hydrogen-bond donors (Lipinski definition) is 0. The zero-order chi connectivity index (χ0) is 9.14. The number of rotatable bonds is 2. The minimum Gasteiger partial charge on any atom is -0.490 e. The zero-order valence-electron chi connectivity index (χ0n) is 6.60. The van der Waals surface area contributed by atoms with Crippen LogP contribution in [0, 0.1) is 0 Å². The molecule has 12 heavy (non-hydrogen) atoms. The van der Waals surface area contributed by atoms with Gasteiger partial charge >= 0.3 is 0 Å². The molecule has 66 valence electrons. The van der Waals surface area contributed by atoms with Gasteiger partial charge in [0, 0.05) is 0 Å². The van der Waals surface area contributed by atoms with E-state index < -0.39 is 0 Å². The van der Waals surface area contributed by atoms with Crippen molar-refractivity contribution in [1.29, 1.82) is 0 Å². The summed E-state index contributed by atoms with van der Waals surface area (Å²) in [6.45, 7) is 0. The highest BCUT2D eigenvalue weighted by molar-refractivity contribution is 9.10. The monoisotopic (exact) mass is 251 g/mol. The lowest BCUT2D eigenvalue weighted by Crippen LogP contribution is -1.94. The standard InChI is InChI=1S/C7H7BrClNO2/c1-11-6-5(8)4(9)3-10-7(6)12-2/h3H,1-2H3. The summed E-state index contributed by atoms with van der Waals surface area (Å²) < 4.78 is 10.6. The molecule has 5 heteroatoms.